The van der Waals surface area contributed by atoms with Crippen molar-refractivity contribution in [1.82, 2.24) is 0 Å². The first-order valence-corrected chi connectivity index (χ1v) is 8.64. The van der Waals surface area contributed by atoms with Crippen LogP contribution in [0.5, 0.6) is 11.5 Å². The van der Waals surface area contributed by atoms with Gasteiger partial charge in [0.25, 0.3) is 0 Å². The molecule has 3 N–H and O–H groups in total. The quantitative estimate of drug-likeness (QED) is 0.392. The molecule has 0 saturated heterocycles. The van der Waals surface area contributed by atoms with Gasteiger partial charge in [0.1, 0.15) is 17.6 Å². The summed E-state index contributed by atoms with van der Waals surface area (Å²) < 4.78 is 11.6. The van der Waals surface area contributed by atoms with Gasteiger partial charge in [-0.15, -0.1) is 24.0 Å². The molecule has 1 unspecified atom stereocenters. The molecule has 26 heavy (non-hydrogen) atoms. The van der Waals surface area contributed by atoms with Crippen LogP contribution in [-0.2, 0) is 13.0 Å². The number of nitrogens with one attached hydrogen (secondary N) is 1. The van der Waals surface area contributed by atoms with Crippen molar-refractivity contribution in [3.63, 3.8) is 0 Å². The molecule has 2 aromatic rings. The third-order valence-corrected chi connectivity index (χ3v) is 4.09. The van der Waals surface area contributed by atoms with Gasteiger partial charge in [-0.25, -0.2) is 4.99 Å². The van der Waals surface area contributed by atoms with E-state index in [4.69, 9.17) is 15.2 Å². The number of hydrogen-bond acceptors (Lipinski definition) is 3. The Balaban J connectivity index is 0.00000243. The van der Waals surface area contributed by atoms with Crippen LogP contribution in [0.4, 0.5) is 5.69 Å². The second-order valence-electron chi connectivity index (χ2n) is 6.33. The fourth-order valence-electron chi connectivity index (χ4n) is 2.98. The molecule has 3 rings (SSSR count). The van der Waals surface area contributed by atoms with E-state index in [1.807, 2.05) is 44.2 Å². The summed E-state index contributed by atoms with van der Waals surface area (Å²) in [6.07, 6.45) is 1.12. The molecule has 6 heteroatoms. The van der Waals surface area contributed by atoms with Gasteiger partial charge in [0.05, 0.1) is 13.2 Å². The average molecular weight is 467 g/mol. The molecule has 0 saturated carbocycles. The number of fused-ring (bicyclic) bond motifs is 1. The Hall–Kier alpha value is -1.96. The topological polar surface area (TPSA) is 68.9 Å². The van der Waals surface area contributed by atoms with Crippen LogP contribution >= 0.6 is 24.0 Å². The normalized spacial score (nSPS) is 15.7. The van der Waals surface area contributed by atoms with Crippen LogP contribution < -0.4 is 20.5 Å². The summed E-state index contributed by atoms with van der Waals surface area (Å²) in [4.78, 5) is 4.45. The minimum Gasteiger partial charge on any atom is -0.494 e. The molecule has 140 valence electrons. The minimum atomic E-state index is 0. The lowest BCUT2D eigenvalue weighted by atomic mass is 10.1. The van der Waals surface area contributed by atoms with Gasteiger partial charge in [-0.2, -0.15) is 0 Å². The summed E-state index contributed by atoms with van der Waals surface area (Å²) in [6, 6.07) is 12.1. The minimum absolute atomic E-state index is 0. The van der Waals surface area contributed by atoms with Gasteiger partial charge in [-0.3, -0.25) is 0 Å². The van der Waals surface area contributed by atoms with Crippen molar-refractivity contribution in [3.05, 3.63) is 53.1 Å². The molecule has 5 nitrogen and oxygen atoms in total. The smallest absolute Gasteiger partial charge is 0.193 e. The molecule has 0 aliphatic carbocycles. The lowest BCUT2D eigenvalue weighted by Crippen LogP contribution is -2.22. The van der Waals surface area contributed by atoms with E-state index in [0.717, 1.165) is 29.2 Å². The SMILES string of the molecule is CCOc1cc2c(cc1CN=C(N)Nc1cccc(C)c1)OC(C)C2.I. The van der Waals surface area contributed by atoms with Crippen LogP contribution in [0.2, 0.25) is 0 Å². The average Bonchev–Trinajstić information content (AvgIpc) is 2.92. The monoisotopic (exact) mass is 467 g/mol. The predicted octanol–water partition coefficient (Wildman–Crippen LogP) is 4.26. The van der Waals surface area contributed by atoms with Gasteiger partial charge in [0.15, 0.2) is 5.96 Å². The number of benzene rings is 2. The maximum absolute atomic E-state index is 6.03. The van der Waals surface area contributed by atoms with Crippen molar-refractivity contribution in [2.75, 3.05) is 11.9 Å². The fourth-order valence-corrected chi connectivity index (χ4v) is 2.98. The van der Waals surface area contributed by atoms with E-state index in [1.165, 1.54) is 11.1 Å². The van der Waals surface area contributed by atoms with Crippen LogP contribution in [0, 0.1) is 6.92 Å². The third kappa shape index (κ3) is 5.03. The van der Waals surface area contributed by atoms with Gasteiger partial charge in [-0.05, 0) is 50.6 Å². The third-order valence-electron chi connectivity index (χ3n) is 4.09. The number of hydrogen-bond donors (Lipinski definition) is 2. The summed E-state index contributed by atoms with van der Waals surface area (Å²) >= 11 is 0. The Morgan fingerprint density at radius 2 is 2.15 bits per heavy atom. The first-order chi connectivity index (χ1) is 12.0. The Labute approximate surface area is 172 Å². The lowest BCUT2D eigenvalue weighted by molar-refractivity contribution is 0.254. The number of guanidine groups is 1. The van der Waals surface area contributed by atoms with Crippen molar-refractivity contribution >= 4 is 35.6 Å². The molecule has 0 bridgehead atoms. The highest BCUT2D eigenvalue weighted by molar-refractivity contribution is 14.0. The molecule has 0 spiro atoms. The standard InChI is InChI=1S/C20H25N3O2.HI/c1-4-24-18-10-15-9-14(3)25-19(15)11-16(18)12-22-20(21)23-17-7-5-6-13(2)8-17;/h5-8,10-11,14H,4,9,12H2,1-3H3,(H3,21,22,23);1H. The lowest BCUT2D eigenvalue weighted by Gasteiger charge is -2.12. The van der Waals surface area contributed by atoms with Gasteiger partial charge >= 0.3 is 0 Å². The molecule has 1 heterocycles. The van der Waals surface area contributed by atoms with Crippen molar-refractivity contribution in [3.8, 4) is 11.5 Å². The van der Waals surface area contributed by atoms with Crippen molar-refractivity contribution in [1.29, 1.82) is 0 Å². The zero-order chi connectivity index (χ0) is 17.8. The molecule has 0 aromatic heterocycles. The fraction of sp³-hybridized carbons (Fsp3) is 0.350. The molecule has 0 amide bonds. The molecular weight excluding hydrogens is 441 g/mol. The number of halogens is 1. The maximum Gasteiger partial charge on any atom is 0.193 e. The van der Waals surface area contributed by atoms with Gasteiger partial charge in [-0.1, -0.05) is 12.1 Å². The second-order valence-corrected chi connectivity index (χ2v) is 6.33. The predicted molar refractivity (Wildman–Crippen MR) is 117 cm³/mol. The Morgan fingerprint density at radius 3 is 2.88 bits per heavy atom. The van der Waals surface area contributed by atoms with Crippen LogP contribution in [0.15, 0.2) is 41.4 Å². The first-order valence-electron chi connectivity index (χ1n) is 8.64. The largest absolute Gasteiger partial charge is 0.494 e. The maximum atomic E-state index is 6.03. The number of ether oxygens (including phenoxy) is 2. The van der Waals surface area contributed by atoms with Crippen LogP contribution in [0.3, 0.4) is 0 Å². The molecule has 2 aromatic carbocycles. The summed E-state index contributed by atoms with van der Waals surface area (Å²) in [7, 11) is 0. The van der Waals surface area contributed by atoms with E-state index >= 15 is 0 Å². The van der Waals surface area contributed by atoms with E-state index in [9.17, 15) is 0 Å². The number of aliphatic imine (C=N–C) groups is 1. The zero-order valence-corrected chi connectivity index (χ0v) is 17.7. The number of anilines is 1. The highest BCUT2D eigenvalue weighted by atomic mass is 127. The van der Waals surface area contributed by atoms with Gasteiger partial charge in [0.2, 0.25) is 0 Å². The summed E-state index contributed by atoms with van der Waals surface area (Å²) in [5, 5.41) is 3.12. The van der Waals surface area contributed by atoms with Crippen molar-refractivity contribution in [2.45, 2.75) is 39.8 Å². The summed E-state index contributed by atoms with van der Waals surface area (Å²) in [5.41, 5.74) is 10.3. The number of rotatable bonds is 5. The number of nitrogens with zero attached hydrogens (tertiary/aromatic N) is 1. The van der Waals surface area contributed by atoms with E-state index in [2.05, 4.69) is 23.3 Å². The van der Waals surface area contributed by atoms with Gasteiger partial charge < -0.3 is 20.5 Å². The Bertz CT molecular complexity index is 793. The van der Waals surface area contributed by atoms with Gasteiger partial charge in [0, 0.05) is 23.2 Å². The summed E-state index contributed by atoms with van der Waals surface area (Å²) in [6.45, 7) is 7.14. The summed E-state index contributed by atoms with van der Waals surface area (Å²) in [5.74, 6) is 2.15. The Morgan fingerprint density at radius 1 is 1.35 bits per heavy atom. The Kier molecular flexibility index (Phi) is 7.14. The highest BCUT2D eigenvalue weighted by Gasteiger charge is 2.21. The molecule has 1 aliphatic rings. The van der Waals surface area contributed by atoms with Crippen LogP contribution in [0.1, 0.15) is 30.5 Å². The number of aryl methyl sites for hydroxylation is 1. The van der Waals surface area contributed by atoms with E-state index < -0.39 is 0 Å². The van der Waals surface area contributed by atoms with Crippen molar-refractivity contribution in [2.24, 2.45) is 10.7 Å². The zero-order valence-electron chi connectivity index (χ0n) is 15.4. The van der Waals surface area contributed by atoms with Crippen LogP contribution in [-0.4, -0.2) is 18.7 Å². The molecule has 1 aliphatic heterocycles. The molecular formula is C20H26IN3O2. The molecule has 0 radical (unpaired) electrons. The first kappa shape index (κ1) is 20.4. The molecule has 0 fully saturated rings. The molecule has 1 atom stereocenters. The van der Waals surface area contributed by atoms with Crippen LogP contribution in [0.25, 0.3) is 0 Å². The highest BCUT2D eigenvalue weighted by Crippen LogP contribution is 2.35. The second kappa shape index (κ2) is 9.12. The van der Waals surface area contributed by atoms with E-state index in [1.54, 1.807) is 0 Å². The van der Waals surface area contributed by atoms with E-state index in [-0.39, 0.29) is 30.1 Å². The van der Waals surface area contributed by atoms with E-state index in [0.29, 0.717) is 19.1 Å². The number of nitrogens with two attached hydrogens (primary N) is 1. The van der Waals surface area contributed by atoms with Crippen molar-refractivity contribution < 1.29 is 9.47 Å².